The molecule has 1 fully saturated rings. The summed E-state index contributed by atoms with van der Waals surface area (Å²) in [5.74, 6) is 3.68. The molecule has 3 rings (SSSR count). The number of anilines is 2. The summed E-state index contributed by atoms with van der Waals surface area (Å²) < 4.78 is 0. The normalized spacial score (nSPS) is 16.9. The average Bonchev–Trinajstić information content (AvgIpc) is 2.62. The number of benzene rings is 1. The highest BCUT2D eigenvalue weighted by atomic mass is 16.3. The van der Waals surface area contributed by atoms with Gasteiger partial charge in [0.05, 0.1) is 0 Å². The Morgan fingerprint density at radius 2 is 2.20 bits per heavy atom. The summed E-state index contributed by atoms with van der Waals surface area (Å²) in [6, 6.07) is 5.33. The Morgan fingerprint density at radius 3 is 2.84 bits per heavy atom. The maximum absolute atomic E-state index is 10.3. The molecule has 0 saturated carbocycles. The van der Waals surface area contributed by atoms with Crippen LogP contribution >= 0.6 is 0 Å². The summed E-state index contributed by atoms with van der Waals surface area (Å²) in [4.78, 5) is 6.44. The molecule has 25 heavy (non-hydrogen) atoms. The van der Waals surface area contributed by atoms with Gasteiger partial charge in [-0.15, -0.1) is 16.6 Å². The number of phenolic OH excluding ortho intramolecular Hbond substituents is 1. The smallest absolute Gasteiger partial charge is 0.245 e. The van der Waals surface area contributed by atoms with Crippen molar-refractivity contribution in [2.24, 2.45) is 0 Å². The Hall–Kier alpha value is -2.85. The molecule has 1 aliphatic heterocycles. The van der Waals surface area contributed by atoms with E-state index < -0.39 is 0 Å². The van der Waals surface area contributed by atoms with Gasteiger partial charge in [0, 0.05) is 37.8 Å². The zero-order valence-corrected chi connectivity index (χ0v) is 14.5. The highest BCUT2D eigenvalue weighted by molar-refractivity contribution is 5.77. The number of aromatic nitrogens is 3. The number of rotatable bonds is 4. The quantitative estimate of drug-likeness (QED) is 0.728. The Morgan fingerprint density at radius 1 is 1.36 bits per heavy atom. The molecule has 0 aliphatic carbocycles. The monoisotopic (exact) mass is 338 g/mol. The second-order valence-electron chi connectivity index (χ2n) is 6.27. The fourth-order valence-corrected chi connectivity index (χ4v) is 2.84. The van der Waals surface area contributed by atoms with Crippen LogP contribution in [0.15, 0.2) is 18.2 Å². The van der Waals surface area contributed by atoms with E-state index in [0.29, 0.717) is 34.6 Å². The summed E-state index contributed by atoms with van der Waals surface area (Å²) in [6.07, 6.45) is 7.57. The van der Waals surface area contributed by atoms with E-state index in [0.717, 1.165) is 25.9 Å². The van der Waals surface area contributed by atoms with Crippen LogP contribution in [0.2, 0.25) is 0 Å². The molecule has 7 heteroatoms. The van der Waals surface area contributed by atoms with Crippen LogP contribution in [-0.4, -0.2) is 53.5 Å². The van der Waals surface area contributed by atoms with E-state index in [2.05, 4.69) is 31.7 Å². The summed E-state index contributed by atoms with van der Waals surface area (Å²) in [5, 5.41) is 25.5. The molecule has 0 unspecified atom stereocenters. The van der Waals surface area contributed by atoms with Crippen LogP contribution in [0.1, 0.15) is 18.4 Å². The van der Waals surface area contributed by atoms with E-state index in [1.165, 1.54) is 6.07 Å². The van der Waals surface area contributed by atoms with Crippen molar-refractivity contribution in [3.63, 3.8) is 0 Å². The van der Waals surface area contributed by atoms with Gasteiger partial charge in [-0.25, -0.2) is 0 Å². The van der Waals surface area contributed by atoms with Crippen LogP contribution in [0.25, 0.3) is 11.3 Å². The van der Waals surface area contributed by atoms with Gasteiger partial charge in [0.1, 0.15) is 11.4 Å². The first-order chi connectivity index (χ1) is 12.1. The van der Waals surface area contributed by atoms with Crippen molar-refractivity contribution in [1.29, 1.82) is 0 Å². The molecule has 3 N–H and O–H groups in total. The molecule has 0 bridgehead atoms. The van der Waals surface area contributed by atoms with Gasteiger partial charge in [-0.3, -0.25) is 0 Å². The van der Waals surface area contributed by atoms with Crippen molar-refractivity contribution in [2.45, 2.75) is 18.9 Å². The molecule has 0 amide bonds. The molecule has 2 heterocycles. The Labute approximate surface area is 147 Å². The van der Waals surface area contributed by atoms with Crippen LogP contribution in [0.3, 0.4) is 0 Å². The van der Waals surface area contributed by atoms with Crippen molar-refractivity contribution in [2.75, 3.05) is 37.4 Å². The Bertz CT molecular complexity index is 793. The van der Waals surface area contributed by atoms with E-state index >= 15 is 0 Å². The predicted octanol–water partition coefficient (Wildman–Crippen LogP) is 1.46. The van der Waals surface area contributed by atoms with Crippen molar-refractivity contribution in [1.82, 2.24) is 20.5 Å². The second kappa shape index (κ2) is 7.36. The van der Waals surface area contributed by atoms with E-state index in [4.69, 9.17) is 6.42 Å². The lowest BCUT2D eigenvalue weighted by atomic mass is 10.1. The summed E-state index contributed by atoms with van der Waals surface area (Å²) in [5.41, 5.74) is 1.67. The largest absolute Gasteiger partial charge is 0.507 e. The molecular formula is C18H22N6O. The summed E-state index contributed by atoms with van der Waals surface area (Å²) in [7, 11) is 3.76. The molecular weight excluding hydrogens is 316 g/mol. The first-order valence-corrected chi connectivity index (χ1v) is 8.28. The van der Waals surface area contributed by atoms with Gasteiger partial charge in [0.2, 0.25) is 5.95 Å². The first kappa shape index (κ1) is 17.0. The topological polar surface area (TPSA) is 86.2 Å². The van der Waals surface area contributed by atoms with Crippen LogP contribution in [0.5, 0.6) is 5.75 Å². The van der Waals surface area contributed by atoms with Crippen LogP contribution in [0, 0.1) is 12.3 Å². The zero-order valence-electron chi connectivity index (χ0n) is 14.5. The van der Waals surface area contributed by atoms with E-state index in [1.54, 1.807) is 12.1 Å². The third-order valence-electron chi connectivity index (χ3n) is 4.14. The SMILES string of the molecule is C#Cc1ccc(-c2nnc(N[C@@H]3CCCNC3)nc2N(C)C)c(O)c1. The standard InChI is InChI=1S/C18H22N6O/c1-4-12-7-8-14(15(25)10-12)16-17(24(2)3)21-18(23-22-16)20-13-6-5-9-19-11-13/h1,7-8,10,13,19,25H,5-6,9,11H2,2-3H3,(H,20,21,23)/t13-/m1/s1. The van der Waals surface area contributed by atoms with Crippen molar-refractivity contribution in [3.8, 4) is 29.4 Å². The number of nitrogens with zero attached hydrogens (tertiary/aromatic N) is 4. The molecule has 130 valence electrons. The van der Waals surface area contributed by atoms with Crippen molar-refractivity contribution < 1.29 is 5.11 Å². The molecule has 2 aromatic rings. The molecule has 1 aromatic carbocycles. The summed E-state index contributed by atoms with van der Waals surface area (Å²) in [6.45, 7) is 1.93. The molecule has 1 atom stereocenters. The third-order valence-corrected chi connectivity index (χ3v) is 4.14. The lowest BCUT2D eigenvalue weighted by Gasteiger charge is -2.24. The highest BCUT2D eigenvalue weighted by Crippen LogP contribution is 2.33. The van der Waals surface area contributed by atoms with Crippen LogP contribution in [0.4, 0.5) is 11.8 Å². The fourth-order valence-electron chi connectivity index (χ4n) is 2.84. The Kier molecular flexibility index (Phi) is 5.00. The number of aromatic hydroxyl groups is 1. The van der Waals surface area contributed by atoms with Crippen LogP contribution < -0.4 is 15.5 Å². The molecule has 1 aliphatic rings. The van der Waals surface area contributed by atoms with Gasteiger partial charge < -0.3 is 20.6 Å². The number of phenols is 1. The predicted molar refractivity (Wildman–Crippen MR) is 98.7 cm³/mol. The average molecular weight is 338 g/mol. The van der Waals surface area contributed by atoms with E-state index in [1.807, 2.05) is 19.0 Å². The number of piperidine rings is 1. The van der Waals surface area contributed by atoms with Crippen LogP contribution in [-0.2, 0) is 0 Å². The van der Waals surface area contributed by atoms with Gasteiger partial charge in [-0.1, -0.05) is 5.92 Å². The Balaban J connectivity index is 1.93. The van der Waals surface area contributed by atoms with Crippen molar-refractivity contribution >= 4 is 11.8 Å². The number of terminal acetylenes is 1. The number of hydrogen-bond donors (Lipinski definition) is 3. The van der Waals surface area contributed by atoms with Gasteiger partial charge in [-0.05, 0) is 37.6 Å². The fraction of sp³-hybridized carbons (Fsp3) is 0.389. The highest BCUT2D eigenvalue weighted by Gasteiger charge is 2.19. The van der Waals surface area contributed by atoms with E-state index in [-0.39, 0.29) is 5.75 Å². The van der Waals surface area contributed by atoms with Gasteiger partial charge in [0.15, 0.2) is 5.82 Å². The maximum Gasteiger partial charge on any atom is 0.245 e. The number of hydrogen-bond acceptors (Lipinski definition) is 7. The molecule has 1 aromatic heterocycles. The van der Waals surface area contributed by atoms with Gasteiger partial charge in [-0.2, -0.15) is 4.98 Å². The minimum Gasteiger partial charge on any atom is -0.507 e. The maximum atomic E-state index is 10.3. The third kappa shape index (κ3) is 3.80. The minimum absolute atomic E-state index is 0.0619. The zero-order chi connectivity index (χ0) is 17.8. The number of nitrogens with one attached hydrogen (secondary N) is 2. The van der Waals surface area contributed by atoms with Gasteiger partial charge in [0.25, 0.3) is 0 Å². The van der Waals surface area contributed by atoms with E-state index in [9.17, 15) is 5.11 Å². The lowest BCUT2D eigenvalue weighted by Crippen LogP contribution is -2.39. The molecule has 7 nitrogen and oxygen atoms in total. The lowest BCUT2D eigenvalue weighted by molar-refractivity contribution is 0.476. The molecule has 1 saturated heterocycles. The second-order valence-corrected chi connectivity index (χ2v) is 6.27. The van der Waals surface area contributed by atoms with Gasteiger partial charge >= 0.3 is 0 Å². The molecule has 0 radical (unpaired) electrons. The summed E-state index contributed by atoms with van der Waals surface area (Å²) >= 11 is 0. The first-order valence-electron chi connectivity index (χ1n) is 8.28. The molecule has 0 spiro atoms. The minimum atomic E-state index is 0.0619. The van der Waals surface area contributed by atoms with Crippen molar-refractivity contribution in [3.05, 3.63) is 23.8 Å².